The second kappa shape index (κ2) is 9.68. The minimum Gasteiger partial charge on any atom is -0.486 e. The molecule has 36 heavy (non-hydrogen) atoms. The quantitative estimate of drug-likeness (QED) is 0.464. The molecule has 190 valence electrons. The van der Waals surface area contributed by atoms with Crippen LogP contribution in [0.15, 0.2) is 46.3 Å². The molecule has 1 unspecified atom stereocenters. The van der Waals surface area contributed by atoms with Crippen molar-refractivity contribution < 1.29 is 32.2 Å². The number of hydrogen-bond acceptors (Lipinski definition) is 8. The molecule has 0 radical (unpaired) electrons. The smallest absolute Gasteiger partial charge is 0.325 e. The molecule has 0 aliphatic carbocycles. The lowest BCUT2D eigenvalue weighted by molar-refractivity contribution is -0.141. The maximum Gasteiger partial charge on any atom is 0.325 e. The second-order valence-corrected chi connectivity index (χ2v) is 11.4. The Bertz CT molecular complexity index is 1510. The molecule has 5 rings (SSSR count). The maximum absolute atomic E-state index is 13.4. The summed E-state index contributed by atoms with van der Waals surface area (Å²) in [5.41, 5.74) is 1.58. The number of fused-ring (bicyclic) bond motifs is 2. The first kappa shape index (κ1) is 24.5. The molecule has 1 saturated heterocycles. The Kier molecular flexibility index (Phi) is 6.58. The molecule has 2 aliphatic rings. The highest BCUT2D eigenvalue weighted by Crippen LogP contribution is 2.35. The van der Waals surface area contributed by atoms with Crippen LogP contribution in [0, 0.1) is 6.92 Å². The van der Waals surface area contributed by atoms with Crippen LogP contribution in [0.4, 0.5) is 0 Å². The normalized spacial score (nSPS) is 18.5. The second-order valence-electron chi connectivity index (χ2n) is 8.55. The van der Waals surface area contributed by atoms with Crippen LogP contribution in [-0.4, -0.2) is 62.1 Å². The Morgan fingerprint density at radius 1 is 1.14 bits per heavy atom. The molecule has 2 aromatic carbocycles. The lowest BCUT2D eigenvalue weighted by Crippen LogP contribution is -2.40. The molecule has 0 bridgehead atoms. The zero-order valence-corrected chi connectivity index (χ0v) is 21.4. The number of aryl methyl sites for hydroxylation is 1. The number of nitrogens with zero attached hydrogens (tertiary/aromatic N) is 3. The summed E-state index contributed by atoms with van der Waals surface area (Å²) in [6.07, 6.45) is 0.915. The molecule has 0 saturated carbocycles. The van der Waals surface area contributed by atoms with Crippen LogP contribution >= 0.6 is 11.3 Å². The third-order valence-electron chi connectivity index (χ3n) is 6.18. The van der Waals surface area contributed by atoms with Gasteiger partial charge in [-0.25, -0.2) is 8.42 Å². The Hall–Kier alpha value is -3.22. The van der Waals surface area contributed by atoms with Gasteiger partial charge in [0.25, 0.3) is 5.91 Å². The zero-order valence-electron chi connectivity index (χ0n) is 19.8. The van der Waals surface area contributed by atoms with E-state index in [0.717, 1.165) is 10.3 Å². The van der Waals surface area contributed by atoms with Crippen LogP contribution in [0.2, 0.25) is 0 Å². The molecule has 1 amide bonds. The first-order chi connectivity index (χ1) is 17.3. The van der Waals surface area contributed by atoms with Gasteiger partial charge < -0.3 is 18.8 Å². The number of rotatable bonds is 5. The van der Waals surface area contributed by atoms with Gasteiger partial charge >= 0.3 is 5.97 Å². The van der Waals surface area contributed by atoms with Gasteiger partial charge in [-0.1, -0.05) is 29.0 Å². The number of aromatic nitrogens is 1. The summed E-state index contributed by atoms with van der Waals surface area (Å²) in [5.74, 6) is 0.0204. The molecule has 1 fully saturated rings. The Balaban J connectivity index is 1.54. The average molecular weight is 532 g/mol. The van der Waals surface area contributed by atoms with E-state index in [1.165, 1.54) is 22.8 Å². The number of sulfonamides is 1. The molecule has 3 heterocycles. The highest BCUT2D eigenvalue weighted by Gasteiger charge is 2.39. The minimum atomic E-state index is -3.87. The van der Waals surface area contributed by atoms with Gasteiger partial charge in [0.15, 0.2) is 16.3 Å². The first-order valence-electron chi connectivity index (χ1n) is 11.4. The third-order valence-corrected chi connectivity index (χ3v) is 9.15. The number of ether oxygens (including phenoxy) is 3. The van der Waals surface area contributed by atoms with E-state index in [0.29, 0.717) is 43.1 Å². The average Bonchev–Trinajstić information content (AvgIpc) is 3.49. The molecular formula is C24H25N3O7S2. The van der Waals surface area contributed by atoms with Crippen molar-refractivity contribution in [3.8, 4) is 11.5 Å². The molecule has 0 spiro atoms. The van der Waals surface area contributed by atoms with E-state index < -0.39 is 27.9 Å². The topological polar surface area (TPSA) is 116 Å². The number of thiazole rings is 1. The molecule has 1 aromatic heterocycles. The summed E-state index contributed by atoms with van der Waals surface area (Å²) in [6, 6.07) is 9.15. The predicted octanol–water partition coefficient (Wildman–Crippen LogP) is 2.24. The molecule has 3 aromatic rings. The maximum atomic E-state index is 13.4. The SMILES string of the molecule is COC(=O)Cn1c(=NC(=O)C2CCCN2S(=O)(=O)c2ccc(C)cc2)sc2cc3c(cc21)OCCO3. The van der Waals surface area contributed by atoms with E-state index in [9.17, 15) is 18.0 Å². The predicted molar refractivity (Wildman–Crippen MR) is 131 cm³/mol. The molecule has 10 nitrogen and oxygen atoms in total. The van der Waals surface area contributed by atoms with E-state index in [1.807, 2.05) is 6.92 Å². The molecule has 2 aliphatic heterocycles. The van der Waals surface area contributed by atoms with Gasteiger partial charge in [-0.05, 0) is 31.9 Å². The highest BCUT2D eigenvalue weighted by molar-refractivity contribution is 7.89. The van der Waals surface area contributed by atoms with Gasteiger partial charge in [0.2, 0.25) is 10.0 Å². The molecule has 12 heteroatoms. The largest absolute Gasteiger partial charge is 0.486 e. The van der Waals surface area contributed by atoms with Gasteiger partial charge in [0.05, 0.1) is 22.2 Å². The Morgan fingerprint density at radius 2 is 1.83 bits per heavy atom. The Morgan fingerprint density at radius 3 is 2.53 bits per heavy atom. The monoisotopic (exact) mass is 531 g/mol. The number of methoxy groups -OCH3 is 1. The van der Waals surface area contributed by atoms with Crippen molar-refractivity contribution in [1.29, 1.82) is 0 Å². The van der Waals surface area contributed by atoms with Crippen molar-refractivity contribution in [2.75, 3.05) is 26.9 Å². The fraction of sp³-hybridized carbons (Fsp3) is 0.375. The van der Waals surface area contributed by atoms with Crippen LogP contribution in [0.5, 0.6) is 11.5 Å². The summed E-state index contributed by atoms with van der Waals surface area (Å²) in [5, 5.41) is 0. The third kappa shape index (κ3) is 4.51. The number of hydrogen-bond donors (Lipinski definition) is 0. The summed E-state index contributed by atoms with van der Waals surface area (Å²) < 4.78 is 46.3. The van der Waals surface area contributed by atoms with E-state index in [2.05, 4.69) is 4.99 Å². The first-order valence-corrected chi connectivity index (χ1v) is 13.7. The number of esters is 1. The molecule has 1 atom stereocenters. The van der Waals surface area contributed by atoms with E-state index in [4.69, 9.17) is 14.2 Å². The van der Waals surface area contributed by atoms with Crippen molar-refractivity contribution in [2.24, 2.45) is 4.99 Å². The van der Waals surface area contributed by atoms with E-state index in [1.54, 1.807) is 41.0 Å². The lowest BCUT2D eigenvalue weighted by Gasteiger charge is -2.21. The molecular weight excluding hydrogens is 506 g/mol. The van der Waals surface area contributed by atoms with Crippen LogP contribution < -0.4 is 14.3 Å². The van der Waals surface area contributed by atoms with Crippen molar-refractivity contribution in [2.45, 2.75) is 37.2 Å². The van der Waals surface area contributed by atoms with Crippen molar-refractivity contribution in [1.82, 2.24) is 8.87 Å². The Labute approximate surface area is 211 Å². The summed E-state index contributed by atoms with van der Waals surface area (Å²) in [4.78, 5) is 30.2. The van der Waals surface area contributed by atoms with Crippen LogP contribution in [0.25, 0.3) is 10.2 Å². The standard InChI is InChI=1S/C24H25N3O7S2/c1-15-5-7-16(8-6-15)36(30,31)27-9-3-4-17(27)23(29)25-24-26(14-22(28)32-2)18-12-19-20(13-21(18)35-24)34-11-10-33-19/h5-8,12-13,17H,3-4,9-11,14H2,1-2H3. The van der Waals surface area contributed by atoms with Gasteiger partial charge in [-0.3, -0.25) is 9.59 Å². The van der Waals surface area contributed by atoms with Crippen molar-refractivity contribution in [3.63, 3.8) is 0 Å². The number of carbonyl (C=O) groups excluding carboxylic acids is 2. The van der Waals surface area contributed by atoms with E-state index >= 15 is 0 Å². The van der Waals surface area contributed by atoms with Gasteiger partial charge in [-0.15, -0.1) is 0 Å². The van der Waals surface area contributed by atoms with Crippen molar-refractivity contribution in [3.05, 3.63) is 46.8 Å². The number of amides is 1. The van der Waals surface area contributed by atoms with Crippen LogP contribution in [0.1, 0.15) is 18.4 Å². The van der Waals surface area contributed by atoms with Crippen molar-refractivity contribution >= 4 is 43.5 Å². The summed E-state index contributed by atoms with van der Waals surface area (Å²) >= 11 is 1.21. The fourth-order valence-corrected chi connectivity index (χ4v) is 7.02. The molecule has 0 N–H and O–H groups in total. The van der Waals surface area contributed by atoms with Gasteiger partial charge in [-0.2, -0.15) is 9.30 Å². The van der Waals surface area contributed by atoms with Crippen LogP contribution in [0.3, 0.4) is 0 Å². The van der Waals surface area contributed by atoms with Gasteiger partial charge in [0.1, 0.15) is 25.8 Å². The fourth-order valence-electron chi connectivity index (χ4n) is 4.33. The highest BCUT2D eigenvalue weighted by atomic mass is 32.2. The number of benzene rings is 2. The van der Waals surface area contributed by atoms with Crippen LogP contribution in [-0.2, 0) is 30.9 Å². The minimum absolute atomic E-state index is 0.140. The number of carbonyl (C=O) groups is 2. The van der Waals surface area contributed by atoms with E-state index in [-0.39, 0.29) is 22.8 Å². The summed E-state index contributed by atoms with van der Waals surface area (Å²) in [7, 11) is -2.59. The van der Waals surface area contributed by atoms with Gasteiger partial charge in [0, 0.05) is 18.7 Å². The lowest BCUT2D eigenvalue weighted by atomic mass is 10.2. The summed E-state index contributed by atoms with van der Waals surface area (Å²) in [6.45, 7) is 2.77. The zero-order chi connectivity index (χ0) is 25.4.